The number of phenols is 1. The third-order valence-corrected chi connectivity index (χ3v) is 5.59. The van der Waals surface area contributed by atoms with Gasteiger partial charge in [-0.2, -0.15) is 0 Å². The normalized spacial score (nSPS) is 21.3. The SMILES string of the molecule is COc1cc(/C=C2/S/C(=N/c3ccccc3)N(C3C=CC=CC3)C2=O)ccc1O. The molecule has 1 aliphatic carbocycles. The Morgan fingerprint density at radius 3 is 2.76 bits per heavy atom. The Kier molecular flexibility index (Phi) is 5.53. The Bertz CT molecular complexity index is 1040. The fourth-order valence-electron chi connectivity index (χ4n) is 3.16. The van der Waals surface area contributed by atoms with Gasteiger partial charge in [-0.1, -0.05) is 48.6 Å². The number of methoxy groups -OCH3 is 1. The minimum atomic E-state index is -0.0818. The maximum absolute atomic E-state index is 13.2. The minimum Gasteiger partial charge on any atom is -0.504 e. The number of nitrogens with zero attached hydrogens (tertiary/aromatic N) is 2. The zero-order valence-electron chi connectivity index (χ0n) is 15.9. The first-order chi connectivity index (χ1) is 14.2. The highest BCUT2D eigenvalue weighted by Gasteiger charge is 2.37. The number of amidine groups is 1. The van der Waals surface area contributed by atoms with E-state index in [0.717, 1.165) is 17.7 Å². The van der Waals surface area contributed by atoms with Crippen LogP contribution in [0.5, 0.6) is 11.5 Å². The number of hydrogen-bond donors (Lipinski definition) is 1. The molecule has 1 saturated heterocycles. The lowest BCUT2D eigenvalue weighted by molar-refractivity contribution is -0.123. The molecule has 2 aliphatic rings. The summed E-state index contributed by atoms with van der Waals surface area (Å²) in [7, 11) is 1.50. The highest BCUT2D eigenvalue weighted by Crippen LogP contribution is 2.37. The largest absolute Gasteiger partial charge is 0.504 e. The second-order valence-corrected chi connectivity index (χ2v) is 7.57. The van der Waals surface area contributed by atoms with Crippen LogP contribution in [0.15, 0.2) is 82.7 Å². The average molecular weight is 404 g/mol. The molecule has 1 heterocycles. The smallest absolute Gasteiger partial charge is 0.267 e. The Morgan fingerprint density at radius 1 is 1.21 bits per heavy atom. The number of aromatic hydroxyl groups is 1. The van der Waals surface area contributed by atoms with Crippen molar-refractivity contribution in [1.29, 1.82) is 0 Å². The summed E-state index contributed by atoms with van der Waals surface area (Å²) in [5, 5.41) is 10.5. The first-order valence-electron chi connectivity index (χ1n) is 9.23. The van der Waals surface area contributed by atoms with E-state index in [1.807, 2.05) is 48.6 Å². The summed E-state index contributed by atoms with van der Waals surface area (Å²) >= 11 is 1.35. The number of benzene rings is 2. The van der Waals surface area contributed by atoms with Gasteiger partial charge in [-0.25, -0.2) is 4.99 Å². The number of phenolic OH excluding ortho intramolecular Hbond substituents is 1. The predicted octanol–water partition coefficient (Wildman–Crippen LogP) is 4.89. The highest BCUT2D eigenvalue weighted by molar-refractivity contribution is 8.18. The summed E-state index contributed by atoms with van der Waals surface area (Å²) in [6.07, 6.45) is 10.6. The Hall–Kier alpha value is -3.25. The second-order valence-electron chi connectivity index (χ2n) is 6.56. The number of para-hydroxylation sites is 1. The number of carbonyl (C=O) groups excluding carboxylic acids is 1. The van der Waals surface area contributed by atoms with Crippen LogP contribution >= 0.6 is 11.8 Å². The molecule has 0 aromatic heterocycles. The lowest BCUT2D eigenvalue weighted by atomic mass is 10.1. The second kappa shape index (κ2) is 8.41. The molecule has 0 saturated carbocycles. The molecule has 2 aromatic carbocycles. The number of allylic oxidation sites excluding steroid dienone is 2. The van der Waals surface area contributed by atoms with Crippen LogP contribution in [0.1, 0.15) is 12.0 Å². The predicted molar refractivity (Wildman–Crippen MR) is 117 cm³/mol. The number of carbonyl (C=O) groups is 1. The van der Waals surface area contributed by atoms with E-state index in [4.69, 9.17) is 9.73 Å². The highest BCUT2D eigenvalue weighted by atomic mass is 32.2. The number of hydrogen-bond acceptors (Lipinski definition) is 5. The number of thioether (sulfide) groups is 1. The molecule has 0 radical (unpaired) electrons. The molecule has 1 aliphatic heterocycles. The molecule has 29 heavy (non-hydrogen) atoms. The van der Waals surface area contributed by atoms with E-state index >= 15 is 0 Å². The molecule has 0 bridgehead atoms. The van der Waals surface area contributed by atoms with Gasteiger partial charge in [-0.05, 0) is 54.1 Å². The van der Waals surface area contributed by atoms with Gasteiger partial charge >= 0.3 is 0 Å². The van der Waals surface area contributed by atoms with Crippen molar-refractivity contribution in [3.05, 3.63) is 83.3 Å². The van der Waals surface area contributed by atoms with E-state index in [-0.39, 0.29) is 17.7 Å². The maximum Gasteiger partial charge on any atom is 0.267 e. The maximum atomic E-state index is 13.2. The van der Waals surface area contributed by atoms with Gasteiger partial charge < -0.3 is 9.84 Å². The van der Waals surface area contributed by atoms with Gasteiger partial charge in [0.15, 0.2) is 16.7 Å². The molecule has 5 nitrogen and oxygen atoms in total. The van der Waals surface area contributed by atoms with Crippen molar-refractivity contribution in [2.45, 2.75) is 12.5 Å². The van der Waals surface area contributed by atoms with Crippen molar-refractivity contribution in [2.75, 3.05) is 7.11 Å². The van der Waals surface area contributed by atoms with Crippen LogP contribution in [-0.4, -0.2) is 34.2 Å². The third-order valence-electron chi connectivity index (χ3n) is 4.61. The zero-order chi connectivity index (χ0) is 20.2. The third kappa shape index (κ3) is 4.12. The fraction of sp³-hybridized carbons (Fsp3) is 0.130. The molecule has 1 unspecified atom stereocenters. The lowest BCUT2D eigenvalue weighted by Gasteiger charge is -2.24. The molecule has 1 amide bonds. The van der Waals surface area contributed by atoms with E-state index in [9.17, 15) is 9.90 Å². The van der Waals surface area contributed by atoms with Crippen LogP contribution in [0.25, 0.3) is 6.08 Å². The van der Waals surface area contributed by atoms with Gasteiger partial charge in [0.2, 0.25) is 0 Å². The number of ether oxygens (including phenoxy) is 1. The van der Waals surface area contributed by atoms with E-state index in [0.29, 0.717) is 15.8 Å². The number of amides is 1. The molecule has 6 heteroatoms. The molecule has 1 fully saturated rings. The van der Waals surface area contributed by atoms with Crippen molar-refractivity contribution in [2.24, 2.45) is 4.99 Å². The van der Waals surface area contributed by atoms with Gasteiger partial charge in [-0.15, -0.1) is 0 Å². The summed E-state index contributed by atoms with van der Waals surface area (Å²) in [6, 6.07) is 14.6. The van der Waals surface area contributed by atoms with Crippen molar-refractivity contribution in [3.63, 3.8) is 0 Å². The number of rotatable bonds is 4. The van der Waals surface area contributed by atoms with Crippen LogP contribution < -0.4 is 4.74 Å². The van der Waals surface area contributed by atoms with Gasteiger partial charge in [-0.3, -0.25) is 9.69 Å². The molecule has 0 spiro atoms. The first kappa shape index (κ1) is 19.1. The summed E-state index contributed by atoms with van der Waals surface area (Å²) in [5.74, 6) is 0.346. The van der Waals surface area contributed by atoms with Gasteiger partial charge in [0.1, 0.15) is 0 Å². The molecular formula is C23H20N2O3S. The quantitative estimate of drug-likeness (QED) is 0.737. The van der Waals surface area contributed by atoms with E-state index in [1.165, 1.54) is 18.9 Å². The summed E-state index contributed by atoms with van der Waals surface area (Å²) in [6.45, 7) is 0. The molecule has 1 atom stereocenters. The lowest BCUT2D eigenvalue weighted by Crippen LogP contribution is -2.38. The zero-order valence-corrected chi connectivity index (χ0v) is 16.7. The number of aliphatic imine (C=N–C) groups is 1. The van der Waals surface area contributed by atoms with Crippen LogP contribution in [0, 0.1) is 0 Å². The first-order valence-corrected chi connectivity index (χ1v) is 10.0. The summed E-state index contributed by atoms with van der Waals surface area (Å²) in [5.41, 5.74) is 1.58. The van der Waals surface area contributed by atoms with Gasteiger partial charge in [0, 0.05) is 0 Å². The Morgan fingerprint density at radius 2 is 2.03 bits per heavy atom. The summed E-state index contributed by atoms with van der Waals surface area (Å²) < 4.78 is 5.17. The molecule has 1 N–H and O–H groups in total. The fourth-order valence-corrected chi connectivity index (χ4v) is 4.21. The van der Waals surface area contributed by atoms with Crippen molar-refractivity contribution >= 4 is 34.6 Å². The van der Waals surface area contributed by atoms with E-state index in [1.54, 1.807) is 29.2 Å². The molecule has 146 valence electrons. The topological polar surface area (TPSA) is 62.1 Å². The van der Waals surface area contributed by atoms with Crippen LogP contribution in [0.3, 0.4) is 0 Å². The van der Waals surface area contributed by atoms with Crippen LogP contribution in [0.2, 0.25) is 0 Å². The van der Waals surface area contributed by atoms with Crippen LogP contribution in [-0.2, 0) is 4.79 Å². The van der Waals surface area contributed by atoms with Crippen molar-refractivity contribution < 1.29 is 14.6 Å². The Labute approximate surface area is 173 Å². The Balaban J connectivity index is 1.71. The minimum absolute atomic E-state index is 0.0622. The van der Waals surface area contributed by atoms with Crippen molar-refractivity contribution in [1.82, 2.24) is 4.90 Å². The average Bonchev–Trinajstić information content (AvgIpc) is 3.05. The summed E-state index contributed by atoms with van der Waals surface area (Å²) in [4.78, 5) is 20.3. The van der Waals surface area contributed by atoms with E-state index < -0.39 is 0 Å². The van der Waals surface area contributed by atoms with Gasteiger partial charge in [0.05, 0.1) is 23.7 Å². The van der Waals surface area contributed by atoms with E-state index in [2.05, 4.69) is 6.08 Å². The van der Waals surface area contributed by atoms with Crippen LogP contribution in [0.4, 0.5) is 5.69 Å². The molecule has 4 rings (SSSR count). The van der Waals surface area contributed by atoms with Gasteiger partial charge in [0.25, 0.3) is 5.91 Å². The van der Waals surface area contributed by atoms with Crippen molar-refractivity contribution in [3.8, 4) is 11.5 Å². The molecular weight excluding hydrogens is 384 g/mol. The monoisotopic (exact) mass is 404 g/mol. The standard InChI is InChI=1S/C23H20N2O3S/c1-28-20-14-16(12-13-19(20)26)15-21-22(27)25(18-10-6-3-7-11-18)23(29-21)24-17-8-4-2-5-9-17/h2-10,12-15,18,26H,11H2,1H3/b21-15+,24-23+. The molecule has 2 aromatic rings.